The molecule has 0 aliphatic heterocycles. The van der Waals surface area contributed by atoms with Crippen LogP contribution in [0.3, 0.4) is 0 Å². The fraction of sp³-hybridized carbons (Fsp3) is 0.188. The van der Waals surface area contributed by atoms with Crippen molar-refractivity contribution >= 4 is 5.78 Å². The lowest BCUT2D eigenvalue weighted by Crippen LogP contribution is -1.97. The zero-order chi connectivity index (χ0) is 14.7. The fourth-order valence-corrected chi connectivity index (χ4v) is 1.96. The van der Waals surface area contributed by atoms with Crippen molar-refractivity contribution < 1.29 is 9.53 Å². The number of benzene rings is 1. The van der Waals surface area contributed by atoms with E-state index in [0.717, 1.165) is 11.1 Å². The monoisotopic (exact) mass is 266 g/mol. The second kappa shape index (κ2) is 5.54. The number of hydrogen-bond acceptors (Lipinski definition) is 4. The lowest BCUT2D eigenvalue weighted by molar-refractivity contribution is 0.101. The molecular formula is C16H14N2O2. The van der Waals surface area contributed by atoms with Crippen LogP contribution in [-0.2, 0) is 0 Å². The zero-order valence-corrected chi connectivity index (χ0v) is 11.6. The van der Waals surface area contributed by atoms with Crippen molar-refractivity contribution in [2.24, 2.45) is 0 Å². The first-order valence-corrected chi connectivity index (χ1v) is 6.17. The van der Waals surface area contributed by atoms with Gasteiger partial charge in [0, 0.05) is 17.8 Å². The van der Waals surface area contributed by atoms with Crippen LogP contribution in [-0.4, -0.2) is 10.8 Å². The molecule has 0 bridgehead atoms. The first kappa shape index (κ1) is 13.8. The maximum Gasteiger partial charge on any atom is 0.219 e. The number of pyridine rings is 1. The standard InChI is InChI=1S/C16H14N2O2/c1-10-6-13(9-17)7-11(2)16(10)20-15-8-14(12(3)19)4-5-18-15/h4-8H,1-3H3. The smallest absolute Gasteiger partial charge is 0.219 e. The van der Waals surface area contributed by atoms with Gasteiger partial charge in [-0.3, -0.25) is 4.79 Å². The van der Waals surface area contributed by atoms with Crippen LogP contribution >= 0.6 is 0 Å². The Morgan fingerprint density at radius 3 is 2.45 bits per heavy atom. The lowest BCUT2D eigenvalue weighted by atomic mass is 10.1. The number of nitriles is 1. The number of carbonyl (C=O) groups is 1. The predicted octanol–water partition coefficient (Wildman–Crippen LogP) is 3.57. The van der Waals surface area contributed by atoms with Gasteiger partial charge in [0.2, 0.25) is 5.88 Å². The summed E-state index contributed by atoms with van der Waals surface area (Å²) in [4.78, 5) is 15.5. The highest BCUT2D eigenvalue weighted by molar-refractivity contribution is 5.94. The molecule has 20 heavy (non-hydrogen) atoms. The molecule has 100 valence electrons. The van der Waals surface area contributed by atoms with Crippen LogP contribution in [0, 0.1) is 25.2 Å². The van der Waals surface area contributed by atoms with E-state index in [4.69, 9.17) is 10.00 Å². The number of hydrogen-bond donors (Lipinski definition) is 0. The molecule has 0 aliphatic rings. The van der Waals surface area contributed by atoms with Crippen molar-refractivity contribution in [3.63, 3.8) is 0 Å². The number of carbonyl (C=O) groups excluding carboxylic acids is 1. The summed E-state index contributed by atoms with van der Waals surface area (Å²) in [5.74, 6) is 0.997. The second-order valence-corrected chi connectivity index (χ2v) is 4.59. The summed E-state index contributed by atoms with van der Waals surface area (Å²) in [6.45, 7) is 5.24. The van der Waals surface area contributed by atoms with Crippen molar-refractivity contribution in [2.45, 2.75) is 20.8 Å². The molecule has 1 aromatic heterocycles. The zero-order valence-electron chi connectivity index (χ0n) is 11.6. The largest absolute Gasteiger partial charge is 0.438 e. The van der Waals surface area contributed by atoms with Crippen LogP contribution in [0.25, 0.3) is 0 Å². The van der Waals surface area contributed by atoms with E-state index < -0.39 is 0 Å². The van der Waals surface area contributed by atoms with E-state index in [1.807, 2.05) is 13.8 Å². The first-order chi connectivity index (χ1) is 9.51. The molecule has 0 amide bonds. The average molecular weight is 266 g/mol. The molecule has 4 nitrogen and oxygen atoms in total. The van der Waals surface area contributed by atoms with E-state index in [-0.39, 0.29) is 5.78 Å². The van der Waals surface area contributed by atoms with E-state index in [2.05, 4.69) is 11.1 Å². The van der Waals surface area contributed by atoms with Crippen molar-refractivity contribution in [3.8, 4) is 17.7 Å². The fourth-order valence-electron chi connectivity index (χ4n) is 1.96. The average Bonchev–Trinajstić information content (AvgIpc) is 2.42. The van der Waals surface area contributed by atoms with E-state index >= 15 is 0 Å². The number of aryl methyl sites for hydroxylation is 2. The lowest BCUT2D eigenvalue weighted by Gasteiger charge is -2.11. The Hall–Kier alpha value is -2.67. The maximum atomic E-state index is 11.3. The number of aromatic nitrogens is 1. The molecule has 0 N–H and O–H groups in total. The third-order valence-electron chi connectivity index (χ3n) is 2.94. The van der Waals surface area contributed by atoms with Crippen molar-refractivity contribution in [3.05, 3.63) is 52.7 Å². The summed E-state index contributed by atoms with van der Waals surface area (Å²) in [7, 11) is 0. The van der Waals surface area contributed by atoms with Gasteiger partial charge in [-0.15, -0.1) is 0 Å². The minimum atomic E-state index is -0.0366. The third kappa shape index (κ3) is 2.83. The third-order valence-corrected chi connectivity index (χ3v) is 2.94. The highest BCUT2D eigenvalue weighted by atomic mass is 16.5. The van der Waals surface area contributed by atoms with Crippen LogP contribution in [0.5, 0.6) is 11.6 Å². The van der Waals surface area contributed by atoms with Crippen molar-refractivity contribution in [2.75, 3.05) is 0 Å². The van der Waals surface area contributed by atoms with E-state index in [1.165, 1.54) is 6.92 Å². The predicted molar refractivity (Wildman–Crippen MR) is 74.9 cm³/mol. The molecule has 1 aromatic carbocycles. The highest BCUT2D eigenvalue weighted by Gasteiger charge is 2.09. The van der Waals surface area contributed by atoms with Crippen LogP contribution in [0.15, 0.2) is 30.5 Å². The van der Waals surface area contributed by atoms with Crippen molar-refractivity contribution in [1.29, 1.82) is 5.26 Å². The Kier molecular flexibility index (Phi) is 3.81. The molecular weight excluding hydrogens is 252 g/mol. The van der Waals surface area contributed by atoms with Crippen molar-refractivity contribution in [1.82, 2.24) is 4.98 Å². The van der Waals surface area contributed by atoms with Crippen LogP contribution < -0.4 is 4.74 Å². The van der Waals surface area contributed by atoms with Gasteiger partial charge in [0.25, 0.3) is 0 Å². The molecule has 0 unspecified atom stereocenters. The molecule has 0 spiro atoms. The summed E-state index contributed by atoms with van der Waals surface area (Å²) in [5, 5.41) is 8.92. The summed E-state index contributed by atoms with van der Waals surface area (Å²) in [5.41, 5.74) is 2.87. The Balaban J connectivity index is 2.38. The number of Topliss-reactive ketones (excluding diaryl/α,β-unsaturated/α-hetero) is 1. The van der Waals surface area contributed by atoms with Gasteiger partial charge < -0.3 is 4.74 Å². The number of ether oxygens (including phenoxy) is 1. The molecule has 0 saturated carbocycles. The van der Waals surface area contributed by atoms with Gasteiger partial charge in [0.15, 0.2) is 5.78 Å². The van der Waals surface area contributed by atoms with E-state index in [1.54, 1.807) is 30.5 Å². The molecule has 0 fully saturated rings. The van der Waals surface area contributed by atoms with Gasteiger partial charge in [-0.05, 0) is 50.1 Å². The molecule has 0 aliphatic carbocycles. The van der Waals surface area contributed by atoms with Gasteiger partial charge >= 0.3 is 0 Å². The van der Waals surface area contributed by atoms with E-state index in [9.17, 15) is 4.79 Å². The van der Waals surface area contributed by atoms with Gasteiger partial charge in [-0.1, -0.05) is 0 Å². The Labute approximate surface area is 117 Å². The molecule has 0 atom stereocenters. The summed E-state index contributed by atoms with van der Waals surface area (Å²) in [6.07, 6.45) is 1.54. The van der Waals surface area contributed by atoms with Crippen LogP contribution in [0.2, 0.25) is 0 Å². The molecule has 1 heterocycles. The minimum absolute atomic E-state index is 0.0366. The summed E-state index contributed by atoms with van der Waals surface area (Å²) >= 11 is 0. The second-order valence-electron chi connectivity index (χ2n) is 4.59. The topological polar surface area (TPSA) is 63.0 Å². The van der Waals surface area contributed by atoms with Crippen LogP contribution in [0.1, 0.15) is 34.0 Å². The SMILES string of the molecule is CC(=O)c1ccnc(Oc2c(C)cc(C#N)cc2C)c1. The Bertz CT molecular complexity index is 692. The van der Waals surface area contributed by atoms with Crippen LogP contribution in [0.4, 0.5) is 0 Å². The molecule has 0 saturated heterocycles. The Morgan fingerprint density at radius 2 is 1.90 bits per heavy atom. The summed E-state index contributed by atoms with van der Waals surface area (Å²) < 4.78 is 5.76. The van der Waals surface area contributed by atoms with Gasteiger partial charge in [-0.25, -0.2) is 4.98 Å². The quantitative estimate of drug-likeness (QED) is 0.797. The molecule has 2 rings (SSSR count). The highest BCUT2D eigenvalue weighted by Crippen LogP contribution is 2.29. The number of ketones is 1. The molecule has 4 heteroatoms. The van der Waals surface area contributed by atoms with Gasteiger partial charge in [-0.2, -0.15) is 5.26 Å². The maximum absolute atomic E-state index is 11.3. The minimum Gasteiger partial charge on any atom is -0.438 e. The summed E-state index contributed by atoms with van der Waals surface area (Å²) in [6, 6.07) is 8.89. The number of rotatable bonds is 3. The Morgan fingerprint density at radius 1 is 1.25 bits per heavy atom. The molecule has 2 aromatic rings. The van der Waals surface area contributed by atoms with Gasteiger partial charge in [0.1, 0.15) is 5.75 Å². The van der Waals surface area contributed by atoms with E-state index in [0.29, 0.717) is 22.8 Å². The normalized spacial score (nSPS) is 9.90. The first-order valence-electron chi connectivity index (χ1n) is 6.17. The number of nitrogens with zero attached hydrogens (tertiary/aromatic N) is 2. The van der Waals surface area contributed by atoms with Gasteiger partial charge in [0.05, 0.1) is 11.6 Å². The molecule has 0 radical (unpaired) electrons.